The molecule has 1 heteroatoms. The SMILES string of the molecule is CC(=O)[C@@H]1CC=C[C@@H](C)C1. The molecule has 0 radical (unpaired) electrons. The lowest BCUT2D eigenvalue weighted by Gasteiger charge is -2.18. The number of carbonyl (C=O) groups excluding carboxylic acids is 1. The van der Waals surface area contributed by atoms with Crippen molar-refractivity contribution in [3.8, 4) is 0 Å². The maximum atomic E-state index is 10.9. The van der Waals surface area contributed by atoms with Crippen LogP contribution in [0.2, 0.25) is 0 Å². The monoisotopic (exact) mass is 138 g/mol. The van der Waals surface area contributed by atoms with E-state index in [1.807, 2.05) is 0 Å². The van der Waals surface area contributed by atoms with Crippen LogP contribution in [-0.4, -0.2) is 5.78 Å². The van der Waals surface area contributed by atoms with Crippen LogP contribution in [0, 0.1) is 11.8 Å². The fourth-order valence-corrected chi connectivity index (χ4v) is 1.43. The normalized spacial score (nSPS) is 32.2. The van der Waals surface area contributed by atoms with Crippen LogP contribution in [-0.2, 0) is 4.79 Å². The first-order valence-electron chi connectivity index (χ1n) is 3.87. The van der Waals surface area contributed by atoms with Gasteiger partial charge in [0.15, 0.2) is 0 Å². The molecule has 0 saturated heterocycles. The topological polar surface area (TPSA) is 17.1 Å². The summed E-state index contributed by atoms with van der Waals surface area (Å²) in [5, 5.41) is 0. The van der Waals surface area contributed by atoms with E-state index in [1.54, 1.807) is 6.92 Å². The Kier molecular flexibility index (Phi) is 2.25. The van der Waals surface area contributed by atoms with Gasteiger partial charge >= 0.3 is 0 Å². The lowest BCUT2D eigenvalue weighted by atomic mass is 9.85. The molecule has 56 valence electrons. The fraction of sp³-hybridized carbons (Fsp3) is 0.667. The average Bonchev–Trinajstić information content (AvgIpc) is 1.88. The average molecular weight is 138 g/mol. The first-order valence-corrected chi connectivity index (χ1v) is 3.87. The summed E-state index contributed by atoms with van der Waals surface area (Å²) in [6, 6.07) is 0. The molecule has 0 spiro atoms. The molecular weight excluding hydrogens is 124 g/mol. The standard InChI is InChI=1S/C9H14O/c1-7-4-3-5-9(6-7)8(2)10/h3-4,7,9H,5-6H2,1-2H3/t7-,9-/m1/s1. The van der Waals surface area contributed by atoms with E-state index in [0.717, 1.165) is 12.8 Å². The van der Waals surface area contributed by atoms with Gasteiger partial charge < -0.3 is 0 Å². The second kappa shape index (κ2) is 3.00. The zero-order valence-corrected chi connectivity index (χ0v) is 6.63. The summed E-state index contributed by atoms with van der Waals surface area (Å²) in [7, 11) is 0. The van der Waals surface area contributed by atoms with Gasteiger partial charge in [-0.25, -0.2) is 0 Å². The molecule has 0 bridgehead atoms. The van der Waals surface area contributed by atoms with Crippen LogP contribution in [0.25, 0.3) is 0 Å². The Morgan fingerprint density at radius 1 is 1.60 bits per heavy atom. The van der Waals surface area contributed by atoms with Gasteiger partial charge in [0.1, 0.15) is 5.78 Å². The van der Waals surface area contributed by atoms with Crippen LogP contribution < -0.4 is 0 Å². The van der Waals surface area contributed by atoms with E-state index in [1.165, 1.54) is 0 Å². The fourth-order valence-electron chi connectivity index (χ4n) is 1.43. The number of hydrogen-bond acceptors (Lipinski definition) is 1. The van der Waals surface area contributed by atoms with E-state index < -0.39 is 0 Å². The Morgan fingerprint density at radius 3 is 2.70 bits per heavy atom. The van der Waals surface area contributed by atoms with Crippen LogP contribution in [0.3, 0.4) is 0 Å². The van der Waals surface area contributed by atoms with Gasteiger partial charge in [-0.15, -0.1) is 0 Å². The third-order valence-corrected chi connectivity index (χ3v) is 2.12. The molecule has 1 nitrogen and oxygen atoms in total. The largest absolute Gasteiger partial charge is 0.300 e. The maximum Gasteiger partial charge on any atom is 0.133 e. The molecule has 0 aliphatic heterocycles. The number of ketones is 1. The van der Waals surface area contributed by atoms with Crippen LogP contribution in [0.5, 0.6) is 0 Å². The summed E-state index contributed by atoms with van der Waals surface area (Å²) in [4.78, 5) is 10.9. The minimum Gasteiger partial charge on any atom is -0.300 e. The van der Waals surface area contributed by atoms with Crippen molar-refractivity contribution in [3.63, 3.8) is 0 Å². The summed E-state index contributed by atoms with van der Waals surface area (Å²) in [5.74, 6) is 1.25. The molecule has 0 N–H and O–H groups in total. The van der Waals surface area contributed by atoms with E-state index in [0.29, 0.717) is 17.6 Å². The van der Waals surface area contributed by atoms with Crippen molar-refractivity contribution in [2.45, 2.75) is 26.7 Å². The van der Waals surface area contributed by atoms with E-state index in [2.05, 4.69) is 19.1 Å². The van der Waals surface area contributed by atoms with E-state index >= 15 is 0 Å². The molecular formula is C9H14O. The molecule has 1 rings (SSSR count). The Labute approximate surface area is 62.1 Å². The van der Waals surface area contributed by atoms with Crippen molar-refractivity contribution in [1.29, 1.82) is 0 Å². The van der Waals surface area contributed by atoms with E-state index in [-0.39, 0.29) is 0 Å². The molecule has 0 fully saturated rings. The molecule has 0 aromatic heterocycles. The van der Waals surface area contributed by atoms with Crippen molar-refractivity contribution in [1.82, 2.24) is 0 Å². The second-order valence-corrected chi connectivity index (χ2v) is 3.18. The number of hydrogen-bond donors (Lipinski definition) is 0. The number of allylic oxidation sites excluding steroid dienone is 2. The van der Waals surface area contributed by atoms with Gasteiger partial charge in [0, 0.05) is 5.92 Å². The first kappa shape index (κ1) is 7.52. The Morgan fingerprint density at radius 2 is 2.30 bits per heavy atom. The predicted octanol–water partition coefficient (Wildman–Crippen LogP) is 2.18. The summed E-state index contributed by atoms with van der Waals surface area (Å²) in [6.07, 6.45) is 6.32. The minimum atomic E-state index is 0.306. The Bertz CT molecular complexity index is 158. The van der Waals surface area contributed by atoms with Gasteiger partial charge in [-0.3, -0.25) is 4.79 Å². The molecule has 1 aliphatic carbocycles. The molecule has 0 saturated carbocycles. The first-order chi connectivity index (χ1) is 4.70. The van der Waals surface area contributed by atoms with E-state index in [9.17, 15) is 4.79 Å². The number of carbonyl (C=O) groups is 1. The lowest BCUT2D eigenvalue weighted by molar-refractivity contribution is -0.121. The highest BCUT2D eigenvalue weighted by atomic mass is 16.1. The highest BCUT2D eigenvalue weighted by molar-refractivity contribution is 5.78. The molecule has 0 aromatic carbocycles. The highest BCUT2D eigenvalue weighted by Crippen LogP contribution is 2.23. The third kappa shape index (κ3) is 1.69. The molecule has 0 amide bonds. The molecule has 0 heterocycles. The molecule has 10 heavy (non-hydrogen) atoms. The lowest BCUT2D eigenvalue weighted by Crippen LogP contribution is -2.15. The summed E-state index contributed by atoms with van der Waals surface area (Å²) in [6.45, 7) is 3.85. The summed E-state index contributed by atoms with van der Waals surface area (Å²) < 4.78 is 0. The molecule has 0 unspecified atom stereocenters. The van der Waals surface area contributed by atoms with Crippen molar-refractivity contribution in [2.24, 2.45) is 11.8 Å². The number of Topliss-reactive ketones (excluding diaryl/α,β-unsaturated/α-hetero) is 1. The zero-order chi connectivity index (χ0) is 7.56. The quantitative estimate of drug-likeness (QED) is 0.507. The van der Waals surface area contributed by atoms with Gasteiger partial charge in [0.05, 0.1) is 0 Å². The van der Waals surface area contributed by atoms with Gasteiger partial charge in [-0.2, -0.15) is 0 Å². The maximum absolute atomic E-state index is 10.9. The molecule has 2 atom stereocenters. The van der Waals surface area contributed by atoms with Gasteiger partial charge in [0.2, 0.25) is 0 Å². The third-order valence-electron chi connectivity index (χ3n) is 2.12. The van der Waals surface area contributed by atoms with Crippen LogP contribution in [0.15, 0.2) is 12.2 Å². The van der Waals surface area contributed by atoms with Crippen LogP contribution in [0.1, 0.15) is 26.7 Å². The minimum absolute atomic E-state index is 0.306. The van der Waals surface area contributed by atoms with Gasteiger partial charge in [-0.05, 0) is 25.7 Å². The van der Waals surface area contributed by atoms with Crippen molar-refractivity contribution in [2.75, 3.05) is 0 Å². The molecule has 0 aromatic rings. The van der Waals surface area contributed by atoms with E-state index in [4.69, 9.17) is 0 Å². The highest BCUT2D eigenvalue weighted by Gasteiger charge is 2.17. The van der Waals surface area contributed by atoms with Crippen molar-refractivity contribution < 1.29 is 4.79 Å². The van der Waals surface area contributed by atoms with Gasteiger partial charge in [-0.1, -0.05) is 19.1 Å². The summed E-state index contributed by atoms with van der Waals surface area (Å²) in [5.41, 5.74) is 0. The predicted molar refractivity (Wildman–Crippen MR) is 41.7 cm³/mol. The zero-order valence-electron chi connectivity index (χ0n) is 6.63. The van der Waals surface area contributed by atoms with Gasteiger partial charge in [0.25, 0.3) is 0 Å². The second-order valence-electron chi connectivity index (χ2n) is 3.18. The Balaban J connectivity index is 2.52. The van der Waals surface area contributed by atoms with Crippen molar-refractivity contribution in [3.05, 3.63) is 12.2 Å². The Hall–Kier alpha value is -0.590. The smallest absolute Gasteiger partial charge is 0.133 e. The summed E-state index contributed by atoms with van der Waals surface area (Å²) >= 11 is 0. The van der Waals surface area contributed by atoms with Crippen molar-refractivity contribution >= 4 is 5.78 Å². The van der Waals surface area contributed by atoms with Crippen LogP contribution in [0.4, 0.5) is 0 Å². The molecule has 1 aliphatic rings. The van der Waals surface area contributed by atoms with Crippen LogP contribution >= 0.6 is 0 Å². The number of rotatable bonds is 1.